The number of rotatable bonds is 7. The van der Waals surface area contributed by atoms with Gasteiger partial charge in [0.1, 0.15) is 0 Å². The van der Waals surface area contributed by atoms with Crippen LogP contribution in [0.25, 0.3) is 10.2 Å². The van der Waals surface area contributed by atoms with Crippen LogP contribution in [-0.2, 0) is 10.0 Å². The lowest BCUT2D eigenvalue weighted by Crippen LogP contribution is -2.26. The molecule has 10 nitrogen and oxygen atoms in total. The average molecular weight is 588 g/mol. The normalized spacial score (nSPS) is 11.9. The minimum absolute atomic E-state index is 0.0508. The summed E-state index contributed by atoms with van der Waals surface area (Å²) in [6, 6.07) is 16.8. The van der Waals surface area contributed by atoms with Gasteiger partial charge in [-0.2, -0.15) is 10.1 Å². The summed E-state index contributed by atoms with van der Waals surface area (Å²) >= 11 is 4.68. The van der Waals surface area contributed by atoms with Gasteiger partial charge in [-0.1, -0.05) is 27.3 Å². The Kier molecular flexibility index (Phi) is 7.26. The molecule has 4 rings (SSSR count). The van der Waals surface area contributed by atoms with Gasteiger partial charge in [0.25, 0.3) is 11.6 Å². The maximum Gasteiger partial charge on any atom is 0.280 e. The van der Waals surface area contributed by atoms with Crippen molar-refractivity contribution in [2.45, 2.75) is 4.90 Å². The molecule has 0 spiro atoms. The van der Waals surface area contributed by atoms with Crippen LogP contribution in [0.3, 0.4) is 0 Å². The van der Waals surface area contributed by atoms with Crippen LogP contribution in [0.15, 0.2) is 81.2 Å². The number of hydrogen-bond donors (Lipinski definition) is 0. The van der Waals surface area contributed by atoms with Crippen molar-refractivity contribution >= 4 is 70.4 Å². The quantitative estimate of drug-likeness (QED) is 0.172. The van der Waals surface area contributed by atoms with Crippen LogP contribution >= 0.6 is 27.3 Å². The topological polar surface area (TPSA) is 126 Å². The lowest BCUT2D eigenvalue weighted by Gasteiger charge is -2.15. The smallest absolute Gasteiger partial charge is 0.267 e. The van der Waals surface area contributed by atoms with Crippen molar-refractivity contribution in [3.05, 3.63) is 92.4 Å². The third-order valence-corrected chi connectivity index (χ3v) is 8.34. The number of sulfonamides is 1. The second-order valence-corrected chi connectivity index (χ2v) is 11.7. The molecule has 3 aromatic carbocycles. The molecule has 0 atom stereocenters. The zero-order valence-corrected chi connectivity index (χ0v) is 22.1. The number of thiazole rings is 1. The summed E-state index contributed by atoms with van der Waals surface area (Å²) in [5.41, 5.74) is 1.35. The lowest BCUT2D eigenvalue weighted by atomic mass is 10.2. The largest absolute Gasteiger partial charge is 0.280 e. The molecule has 1 aromatic heterocycles. The zero-order chi connectivity index (χ0) is 26.0. The standard InChI is InChI=1S/C23H18BrN5O5S2/c1-27(2)36(33,34)19-10-5-16(6-11-19)22(30)28(23-26-20-12-7-17(24)13-21(20)35-23)25-14-15-3-8-18(9-4-15)29(31)32/h3-14H,1-2H3/b25-14+. The molecule has 4 aromatic rings. The minimum atomic E-state index is -3.65. The first-order chi connectivity index (χ1) is 17.1. The van der Waals surface area contributed by atoms with E-state index in [1.165, 1.54) is 80.2 Å². The molecule has 0 saturated heterocycles. The molecular formula is C23H18BrN5O5S2. The minimum Gasteiger partial charge on any atom is -0.267 e. The summed E-state index contributed by atoms with van der Waals surface area (Å²) in [6.07, 6.45) is 1.40. The highest BCUT2D eigenvalue weighted by Gasteiger charge is 2.23. The molecule has 1 amide bonds. The number of nitro benzene ring substituents is 1. The number of halogens is 1. The van der Waals surface area contributed by atoms with E-state index in [-0.39, 0.29) is 16.1 Å². The van der Waals surface area contributed by atoms with Crippen LogP contribution in [-0.4, -0.2) is 48.8 Å². The van der Waals surface area contributed by atoms with Crippen LogP contribution in [0.5, 0.6) is 0 Å². The Balaban J connectivity index is 1.72. The Hall–Kier alpha value is -3.52. The van der Waals surface area contributed by atoms with Gasteiger partial charge in [-0.25, -0.2) is 17.7 Å². The molecule has 13 heteroatoms. The lowest BCUT2D eigenvalue weighted by molar-refractivity contribution is -0.384. The van der Waals surface area contributed by atoms with Crippen molar-refractivity contribution in [1.82, 2.24) is 9.29 Å². The van der Waals surface area contributed by atoms with Gasteiger partial charge in [0.05, 0.1) is 26.3 Å². The number of fused-ring (bicyclic) bond motifs is 1. The Bertz CT molecular complexity index is 1580. The molecule has 0 aliphatic rings. The van der Waals surface area contributed by atoms with Crippen molar-refractivity contribution in [3.63, 3.8) is 0 Å². The highest BCUT2D eigenvalue weighted by atomic mass is 79.9. The molecular weight excluding hydrogens is 570 g/mol. The van der Waals surface area contributed by atoms with Gasteiger partial charge >= 0.3 is 0 Å². The summed E-state index contributed by atoms with van der Waals surface area (Å²) in [7, 11) is -0.803. The first-order valence-electron chi connectivity index (χ1n) is 10.3. The van der Waals surface area contributed by atoms with Crippen molar-refractivity contribution in [2.75, 3.05) is 19.1 Å². The van der Waals surface area contributed by atoms with Gasteiger partial charge in [-0.3, -0.25) is 14.9 Å². The fourth-order valence-electron chi connectivity index (χ4n) is 3.07. The summed E-state index contributed by atoms with van der Waals surface area (Å²) < 4.78 is 27.5. The van der Waals surface area contributed by atoms with Crippen molar-refractivity contribution in [1.29, 1.82) is 0 Å². The van der Waals surface area contributed by atoms with E-state index in [0.717, 1.165) is 18.5 Å². The first kappa shape index (κ1) is 25.6. The summed E-state index contributed by atoms with van der Waals surface area (Å²) in [5, 5.41) is 16.7. The zero-order valence-electron chi connectivity index (χ0n) is 18.9. The average Bonchev–Trinajstić information content (AvgIpc) is 3.27. The van der Waals surface area contributed by atoms with Crippen LogP contribution < -0.4 is 5.01 Å². The van der Waals surface area contributed by atoms with Crippen molar-refractivity contribution < 1.29 is 18.1 Å². The highest BCUT2D eigenvalue weighted by molar-refractivity contribution is 9.10. The number of amides is 1. The van der Waals surface area contributed by atoms with E-state index >= 15 is 0 Å². The molecule has 1 heterocycles. The van der Waals surface area contributed by atoms with Gasteiger partial charge in [0.15, 0.2) is 0 Å². The predicted octanol–water partition coefficient (Wildman–Crippen LogP) is 4.90. The summed E-state index contributed by atoms with van der Waals surface area (Å²) in [6.45, 7) is 0. The molecule has 0 aliphatic heterocycles. The van der Waals surface area contributed by atoms with Crippen molar-refractivity contribution in [2.24, 2.45) is 5.10 Å². The van der Waals surface area contributed by atoms with Gasteiger partial charge in [-0.05, 0) is 60.2 Å². The molecule has 0 N–H and O–H groups in total. The number of aromatic nitrogens is 1. The number of carbonyl (C=O) groups excluding carboxylic acids is 1. The number of nitro groups is 1. The maximum atomic E-state index is 13.5. The SMILES string of the molecule is CN(C)S(=O)(=O)c1ccc(C(=O)N(/N=C/c2ccc([N+](=O)[O-])cc2)c2nc3ccc(Br)cc3s2)cc1. The maximum absolute atomic E-state index is 13.5. The molecule has 36 heavy (non-hydrogen) atoms. The number of hydrazone groups is 1. The van der Waals surface area contributed by atoms with Gasteiger partial charge in [0, 0.05) is 36.3 Å². The van der Waals surface area contributed by atoms with Gasteiger partial charge < -0.3 is 0 Å². The highest BCUT2D eigenvalue weighted by Crippen LogP contribution is 2.32. The summed E-state index contributed by atoms with van der Waals surface area (Å²) in [5.74, 6) is -0.528. The number of benzene rings is 3. The second-order valence-electron chi connectivity index (χ2n) is 7.63. The van der Waals surface area contributed by atoms with E-state index < -0.39 is 20.9 Å². The van der Waals surface area contributed by atoms with E-state index in [4.69, 9.17) is 0 Å². The van der Waals surface area contributed by atoms with Crippen LogP contribution in [0, 0.1) is 10.1 Å². The van der Waals surface area contributed by atoms with E-state index in [0.29, 0.717) is 16.2 Å². The molecule has 0 fully saturated rings. The van der Waals surface area contributed by atoms with E-state index in [9.17, 15) is 23.3 Å². The third-order valence-electron chi connectivity index (χ3n) is 5.02. The monoisotopic (exact) mass is 587 g/mol. The molecule has 0 bridgehead atoms. The van der Waals surface area contributed by atoms with Crippen molar-refractivity contribution in [3.8, 4) is 0 Å². The molecule has 0 radical (unpaired) electrons. The third kappa shape index (κ3) is 5.33. The van der Waals surface area contributed by atoms with Gasteiger partial charge in [0.2, 0.25) is 15.2 Å². The van der Waals surface area contributed by atoms with Crippen LogP contribution in [0.2, 0.25) is 0 Å². The molecule has 184 valence electrons. The Morgan fingerprint density at radius 1 is 1.08 bits per heavy atom. The van der Waals surface area contributed by atoms with Gasteiger partial charge in [-0.15, -0.1) is 0 Å². The summed E-state index contributed by atoms with van der Waals surface area (Å²) in [4.78, 5) is 28.5. The van der Waals surface area contributed by atoms with Crippen LogP contribution in [0.4, 0.5) is 10.8 Å². The molecule has 0 unspecified atom stereocenters. The van der Waals surface area contributed by atoms with E-state index in [2.05, 4.69) is 26.0 Å². The van der Waals surface area contributed by atoms with Crippen LogP contribution in [0.1, 0.15) is 15.9 Å². The number of carbonyl (C=O) groups is 1. The molecule has 0 saturated carbocycles. The number of non-ortho nitro benzene ring substituents is 1. The van der Waals surface area contributed by atoms with E-state index in [1.807, 2.05) is 18.2 Å². The molecule has 0 aliphatic carbocycles. The first-order valence-corrected chi connectivity index (χ1v) is 13.3. The fraction of sp³-hybridized carbons (Fsp3) is 0.0870. The van der Waals surface area contributed by atoms with E-state index in [1.54, 1.807) is 0 Å². The Morgan fingerprint density at radius 2 is 1.75 bits per heavy atom. The second kappa shape index (κ2) is 10.2. The number of anilines is 1. The Labute approximate surface area is 218 Å². The number of hydrogen-bond acceptors (Lipinski definition) is 8. The fourth-order valence-corrected chi connectivity index (χ4v) is 5.45. The number of nitrogens with zero attached hydrogens (tertiary/aromatic N) is 5. The Morgan fingerprint density at radius 3 is 2.36 bits per heavy atom. The predicted molar refractivity (Wildman–Crippen MR) is 142 cm³/mol.